The number of hydrogen-bond donors (Lipinski definition) is 3. The van der Waals surface area contributed by atoms with Crippen molar-refractivity contribution in [2.24, 2.45) is 5.73 Å². The van der Waals surface area contributed by atoms with E-state index in [4.69, 9.17) is 5.73 Å². The second kappa shape index (κ2) is 12.2. The fourth-order valence-electron chi connectivity index (χ4n) is 4.51. The molecule has 0 spiro atoms. The Bertz CT molecular complexity index is 1640. The Kier molecular flexibility index (Phi) is 8.89. The molecule has 0 saturated carbocycles. The third-order valence-corrected chi connectivity index (χ3v) is 8.89. The second-order valence-electron chi connectivity index (χ2n) is 9.11. The zero-order valence-corrected chi connectivity index (χ0v) is 23.5. The molecular weight excluding hydrogens is 575 g/mol. The quantitative estimate of drug-likeness (QED) is 0.262. The third-order valence-electron chi connectivity index (χ3n) is 6.36. The lowest BCUT2D eigenvalue weighted by atomic mass is 10.0. The Hall–Kier alpha value is -3.77. The standard InChI is InChI=1S/C28H25FN4O4S2.ClH/c29-20-9-11-22(12-10-20)39(36,37)32-21-8-4-7-19(15-21)27(35)31-28-25(26(30)34)23-13-14-33(17-24(23)38-28)16-18-5-2-1-3-6-18;/h1-12,15,32H,13-14,16-17H2,(H2,30,34)(H,31,35);1H. The minimum absolute atomic E-state index is 0. The molecule has 4 N–H and O–H groups in total. The summed E-state index contributed by atoms with van der Waals surface area (Å²) in [7, 11) is -3.99. The van der Waals surface area contributed by atoms with Gasteiger partial charge in [-0.2, -0.15) is 0 Å². The minimum atomic E-state index is -3.99. The van der Waals surface area contributed by atoms with Gasteiger partial charge in [0.2, 0.25) is 0 Å². The van der Waals surface area contributed by atoms with E-state index in [1.165, 1.54) is 41.2 Å². The van der Waals surface area contributed by atoms with Crippen LogP contribution in [0.5, 0.6) is 0 Å². The summed E-state index contributed by atoms with van der Waals surface area (Å²) in [6.07, 6.45) is 0.632. The molecule has 4 aromatic rings. The van der Waals surface area contributed by atoms with E-state index in [1.807, 2.05) is 18.2 Å². The molecule has 0 bridgehead atoms. The fourth-order valence-corrected chi connectivity index (χ4v) is 6.85. The van der Waals surface area contributed by atoms with Gasteiger partial charge in [-0.1, -0.05) is 36.4 Å². The molecule has 12 heteroatoms. The Morgan fingerprint density at radius 3 is 2.42 bits per heavy atom. The summed E-state index contributed by atoms with van der Waals surface area (Å²) in [4.78, 5) is 28.7. The lowest BCUT2D eigenvalue weighted by Crippen LogP contribution is -2.30. The van der Waals surface area contributed by atoms with Gasteiger partial charge in [0.05, 0.1) is 10.5 Å². The Labute approximate surface area is 241 Å². The van der Waals surface area contributed by atoms with E-state index in [1.54, 1.807) is 0 Å². The Morgan fingerprint density at radius 2 is 1.73 bits per heavy atom. The smallest absolute Gasteiger partial charge is 0.261 e. The number of hydrogen-bond acceptors (Lipinski definition) is 6. The number of rotatable bonds is 8. The first-order chi connectivity index (χ1) is 18.7. The molecular formula is C28H26ClFN4O4S2. The summed E-state index contributed by atoms with van der Waals surface area (Å²) < 4.78 is 40.9. The number of benzene rings is 3. The summed E-state index contributed by atoms with van der Waals surface area (Å²) in [5, 5.41) is 3.17. The van der Waals surface area contributed by atoms with Crippen molar-refractivity contribution in [3.63, 3.8) is 0 Å². The molecule has 0 unspecified atom stereocenters. The lowest BCUT2D eigenvalue weighted by Gasteiger charge is -2.27. The number of carbonyl (C=O) groups is 2. The number of amides is 2. The highest BCUT2D eigenvalue weighted by molar-refractivity contribution is 7.92. The molecule has 0 aliphatic carbocycles. The van der Waals surface area contributed by atoms with Gasteiger partial charge in [0.1, 0.15) is 10.8 Å². The van der Waals surface area contributed by atoms with Crippen molar-refractivity contribution in [3.05, 3.63) is 112 Å². The van der Waals surface area contributed by atoms with Crippen LogP contribution in [0, 0.1) is 5.82 Å². The van der Waals surface area contributed by atoms with Crippen LogP contribution >= 0.6 is 23.7 Å². The van der Waals surface area contributed by atoms with Crippen molar-refractivity contribution in [2.45, 2.75) is 24.4 Å². The zero-order chi connectivity index (χ0) is 27.6. The van der Waals surface area contributed by atoms with Crippen LogP contribution in [0.25, 0.3) is 0 Å². The topological polar surface area (TPSA) is 122 Å². The molecule has 0 saturated heterocycles. The predicted molar refractivity (Wildman–Crippen MR) is 156 cm³/mol. The number of carbonyl (C=O) groups excluding carboxylic acids is 2. The molecule has 2 amide bonds. The molecule has 3 aromatic carbocycles. The average molecular weight is 601 g/mol. The van der Waals surface area contributed by atoms with Crippen LogP contribution < -0.4 is 15.8 Å². The minimum Gasteiger partial charge on any atom is -0.365 e. The summed E-state index contributed by atoms with van der Waals surface area (Å²) in [6.45, 7) is 2.15. The average Bonchev–Trinajstić information content (AvgIpc) is 3.26. The van der Waals surface area contributed by atoms with Gasteiger partial charge in [0.25, 0.3) is 21.8 Å². The second-order valence-corrected chi connectivity index (χ2v) is 11.9. The van der Waals surface area contributed by atoms with E-state index in [9.17, 15) is 22.4 Å². The Balaban J connectivity index is 0.00000370. The molecule has 5 rings (SSSR count). The first kappa shape index (κ1) is 29.2. The lowest BCUT2D eigenvalue weighted by molar-refractivity contribution is 0.0999. The summed E-state index contributed by atoms with van der Waals surface area (Å²) >= 11 is 1.32. The number of anilines is 2. The van der Waals surface area contributed by atoms with Crippen LogP contribution in [0.3, 0.4) is 0 Å². The molecule has 40 heavy (non-hydrogen) atoms. The molecule has 8 nitrogen and oxygen atoms in total. The number of nitrogens with zero attached hydrogens (tertiary/aromatic N) is 1. The van der Waals surface area contributed by atoms with E-state index in [0.717, 1.165) is 47.8 Å². The van der Waals surface area contributed by atoms with Gasteiger partial charge >= 0.3 is 0 Å². The van der Waals surface area contributed by atoms with E-state index in [0.29, 0.717) is 23.5 Å². The molecule has 0 atom stereocenters. The van der Waals surface area contributed by atoms with Crippen molar-refractivity contribution >= 4 is 56.3 Å². The van der Waals surface area contributed by atoms with E-state index < -0.39 is 27.7 Å². The monoisotopic (exact) mass is 600 g/mol. The first-order valence-electron chi connectivity index (χ1n) is 12.1. The number of fused-ring (bicyclic) bond motifs is 1. The number of nitrogens with two attached hydrogens (primary N) is 1. The van der Waals surface area contributed by atoms with Gasteiger partial charge in [-0.25, -0.2) is 12.8 Å². The first-order valence-corrected chi connectivity index (χ1v) is 14.4. The highest BCUT2D eigenvalue weighted by Crippen LogP contribution is 2.37. The maximum Gasteiger partial charge on any atom is 0.261 e. The number of nitrogens with one attached hydrogen (secondary N) is 2. The molecule has 2 heterocycles. The molecule has 208 valence electrons. The maximum absolute atomic E-state index is 13.2. The number of thiophene rings is 1. The van der Waals surface area contributed by atoms with E-state index in [2.05, 4.69) is 27.1 Å². The maximum atomic E-state index is 13.2. The molecule has 1 aliphatic heterocycles. The van der Waals surface area contributed by atoms with Crippen molar-refractivity contribution < 1.29 is 22.4 Å². The summed E-state index contributed by atoms with van der Waals surface area (Å²) in [5.74, 6) is -1.68. The largest absolute Gasteiger partial charge is 0.365 e. The molecule has 1 aromatic heterocycles. The Morgan fingerprint density at radius 1 is 1.00 bits per heavy atom. The van der Waals surface area contributed by atoms with Crippen LogP contribution in [0.4, 0.5) is 15.1 Å². The number of sulfonamides is 1. The van der Waals surface area contributed by atoms with Crippen molar-refractivity contribution in [1.29, 1.82) is 0 Å². The highest BCUT2D eigenvalue weighted by Gasteiger charge is 2.28. The predicted octanol–water partition coefficient (Wildman–Crippen LogP) is 5.02. The van der Waals surface area contributed by atoms with Crippen molar-refractivity contribution in [2.75, 3.05) is 16.6 Å². The van der Waals surface area contributed by atoms with Crippen molar-refractivity contribution in [1.82, 2.24) is 4.90 Å². The third kappa shape index (κ3) is 6.50. The van der Waals surface area contributed by atoms with Crippen LogP contribution in [0.2, 0.25) is 0 Å². The van der Waals surface area contributed by atoms with Gasteiger partial charge in [0.15, 0.2) is 0 Å². The van der Waals surface area contributed by atoms with Gasteiger partial charge in [-0.05, 0) is 60.0 Å². The summed E-state index contributed by atoms with van der Waals surface area (Å²) in [6, 6.07) is 20.5. The fraction of sp³-hybridized carbons (Fsp3) is 0.143. The van der Waals surface area contributed by atoms with E-state index in [-0.39, 0.29) is 28.6 Å². The number of halogens is 2. The zero-order valence-electron chi connectivity index (χ0n) is 21.1. The molecule has 1 aliphatic rings. The van der Waals surface area contributed by atoms with Gasteiger partial charge in [0, 0.05) is 35.8 Å². The van der Waals surface area contributed by atoms with E-state index >= 15 is 0 Å². The van der Waals surface area contributed by atoms with Gasteiger partial charge in [-0.15, -0.1) is 23.7 Å². The van der Waals surface area contributed by atoms with Crippen LogP contribution in [-0.2, 0) is 29.5 Å². The van der Waals surface area contributed by atoms with Gasteiger partial charge < -0.3 is 11.1 Å². The highest BCUT2D eigenvalue weighted by atomic mass is 35.5. The normalized spacial score (nSPS) is 13.1. The van der Waals surface area contributed by atoms with Crippen LogP contribution in [0.15, 0.2) is 83.8 Å². The summed E-state index contributed by atoms with van der Waals surface area (Å²) in [5.41, 5.74) is 8.42. The SMILES string of the molecule is Cl.NC(=O)c1c(NC(=O)c2cccc(NS(=O)(=O)c3ccc(F)cc3)c2)sc2c1CCN(Cc1ccccc1)C2. The van der Waals surface area contributed by atoms with Crippen LogP contribution in [0.1, 0.15) is 36.7 Å². The van der Waals surface area contributed by atoms with Crippen molar-refractivity contribution in [3.8, 4) is 0 Å². The van der Waals surface area contributed by atoms with Gasteiger partial charge in [-0.3, -0.25) is 19.2 Å². The van der Waals surface area contributed by atoms with Crippen LogP contribution in [-0.4, -0.2) is 31.7 Å². The number of primary amides is 1. The molecule has 0 fully saturated rings. The molecule has 0 radical (unpaired) electrons.